The van der Waals surface area contributed by atoms with E-state index < -0.39 is 16.6 Å². The van der Waals surface area contributed by atoms with Gasteiger partial charge in [-0.05, 0) is 26.8 Å². The van der Waals surface area contributed by atoms with E-state index in [0.717, 1.165) is 0 Å². The monoisotopic (exact) mass is 267 g/mol. The van der Waals surface area contributed by atoms with E-state index in [1.807, 2.05) is 0 Å². The van der Waals surface area contributed by atoms with Crippen LogP contribution in [0.15, 0.2) is 11.2 Å². The Morgan fingerprint density at radius 1 is 1.58 bits per heavy atom. The number of ether oxygens (including phenoxy) is 1. The van der Waals surface area contributed by atoms with Crippen LogP contribution in [0, 0.1) is 24.0 Å². The van der Waals surface area contributed by atoms with Gasteiger partial charge in [0.25, 0.3) is 5.69 Å². The first-order chi connectivity index (χ1) is 8.92. The van der Waals surface area contributed by atoms with Crippen molar-refractivity contribution in [2.45, 2.75) is 20.8 Å². The Labute approximate surface area is 108 Å². The number of nitro groups is 1. The summed E-state index contributed by atoms with van der Waals surface area (Å²) in [6, 6.07) is 1.50. The van der Waals surface area contributed by atoms with E-state index in [-0.39, 0.29) is 18.0 Å². The van der Waals surface area contributed by atoms with Crippen LogP contribution < -0.4 is 0 Å². The molecule has 1 heterocycles. The molecule has 1 aromatic rings. The van der Waals surface area contributed by atoms with Gasteiger partial charge in [0.2, 0.25) is 5.71 Å². The molecule has 0 unspecified atom stereocenters. The Kier molecular flexibility index (Phi) is 4.51. The summed E-state index contributed by atoms with van der Waals surface area (Å²) in [6.45, 7) is 4.74. The number of carbonyl (C=O) groups excluding carboxylic acids is 1. The highest BCUT2D eigenvalue weighted by Gasteiger charge is 2.29. The first-order valence-corrected chi connectivity index (χ1v) is 5.44. The maximum absolute atomic E-state index is 11.6. The molecule has 0 aliphatic heterocycles. The average Bonchev–Trinajstić information content (AvgIpc) is 2.28. The van der Waals surface area contributed by atoms with Crippen molar-refractivity contribution in [3.05, 3.63) is 33.1 Å². The Balaban J connectivity index is 3.47. The molecule has 102 valence electrons. The lowest BCUT2D eigenvalue weighted by molar-refractivity contribution is -0.385. The van der Waals surface area contributed by atoms with Gasteiger partial charge < -0.3 is 9.94 Å². The molecule has 0 aliphatic carbocycles. The molecule has 0 saturated carbocycles. The highest BCUT2D eigenvalue weighted by Crippen LogP contribution is 2.23. The Morgan fingerprint density at radius 3 is 2.68 bits per heavy atom. The molecule has 8 nitrogen and oxygen atoms in total. The lowest BCUT2D eigenvalue weighted by Crippen LogP contribution is -2.22. The minimum atomic E-state index is -0.967. The largest absolute Gasteiger partial charge is 0.461 e. The van der Waals surface area contributed by atoms with Crippen LogP contribution >= 0.6 is 0 Å². The quantitative estimate of drug-likeness (QED) is 0.289. The van der Waals surface area contributed by atoms with Gasteiger partial charge in [-0.2, -0.15) is 0 Å². The molecule has 0 aliphatic rings. The highest BCUT2D eigenvalue weighted by atomic mass is 16.6. The van der Waals surface area contributed by atoms with E-state index in [9.17, 15) is 14.9 Å². The van der Waals surface area contributed by atoms with Gasteiger partial charge in [-0.25, -0.2) is 9.78 Å². The predicted octanol–water partition coefficient (Wildman–Crippen LogP) is 1.35. The van der Waals surface area contributed by atoms with Gasteiger partial charge in [-0.1, -0.05) is 5.16 Å². The van der Waals surface area contributed by atoms with Gasteiger partial charge >= 0.3 is 5.97 Å². The topological polar surface area (TPSA) is 115 Å². The van der Waals surface area contributed by atoms with Crippen molar-refractivity contribution < 1.29 is 19.7 Å². The van der Waals surface area contributed by atoms with Crippen LogP contribution in [0.5, 0.6) is 0 Å². The summed E-state index contributed by atoms with van der Waals surface area (Å²) < 4.78 is 4.67. The van der Waals surface area contributed by atoms with Crippen LogP contribution in [0.25, 0.3) is 0 Å². The van der Waals surface area contributed by atoms with Crippen LogP contribution in [0.1, 0.15) is 23.9 Å². The summed E-state index contributed by atoms with van der Waals surface area (Å²) >= 11 is 0. The van der Waals surface area contributed by atoms with Gasteiger partial charge in [-0.3, -0.25) is 10.1 Å². The second-order valence-electron chi connectivity index (χ2n) is 3.70. The number of aromatic nitrogens is 1. The van der Waals surface area contributed by atoms with Crippen molar-refractivity contribution in [3.63, 3.8) is 0 Å². The summed E-state index contributed by atoms with van der Waals surface area (Å²) in [4.78, 5) is 25.8. The maximum Gasteiger partial charge on any atom is 0.362 e. The summed E-state index contributed by atoms with van der Waals surface area (Å²) in [5.41, 5.74) is -0.489. The molecule has 0 spiro atoms. The van der Waals surface area contributed by atoms with Crippen LogP contribution in [-0.4, -0.2) is 33.4 Å². The second kappa shape index (κ2) is 5.89. The number of carbonyl (C=O) groups is 1. The van der Waals surface area contributed by atoms with Crippen molar-refractivity contribution in [2.24, 2.45) is 5.16 Å². The number of rotatable bonds is 4. The van der Waals surface area contributed by atoms with Gasteiger partial charge in [0.1, 0.15) is 0 Å². The van der Waals surface area contributed by atoms with Gasteiger partial charge in [0, 0.05) is 11.3 Å². The predicted molar refractivity (Wildman–Crippen MR) is 65.3 cm³/mol. The molecule has 19 heavy (non-hydrogen) atoms. The average molecular weight is 267 g/mol. The van der Waals surface area contributed by atoms with Gasteiger partial charge in [-0.15, -0.1) is 0 Å². The number of oxime groups is 1. The van der Waals surface area contributed by atoms with Crippen LogP contribution in [-0.2, 0) is 9.53 Å². The lowest BCUT2D eigenvalue weighted by Gasteiger charge is -2.07. The third-order valence-electron chi connectivity index (χ3n) is 2.29. The summed E-state index contributed by atoms with van der Waals surface area (Å²) in [7, 11) is 0. The Bertz CT molecular complexity index is 554. The highest BCUT2D eigenvalue weighted by molar-refractivity contribution is 6.43. The zero-order valence-electron chi connectivity index (χ0n) is 10.7. The zero-order valence-corrected chi connectivity index (χ0v) is 10.7. The first-order valence-electron chi connectivity index (χ1n) is 5.44. The van der Waals surface area contributed by atoms with Gasteiger partial charge in [0.15, 0.2) is 5.69 Å². The molecular formula is C11H13N3O5. The second-order valence-corrected chi connectivity index (χ2v) is 3.70. The molecule has 1 N–H and O–H groups in total. The van der Waals surface area contributed by atoms with E-state index in [2.05, 4.69) is 14.9 Å². The normalized spacial score (nSPS) is 11.2. The standard InChI is InChI=1S/C11H13N3O5/c1-4-19-11(15)9(13-16)8-10(14(17)18)6(2)5-7(3)12-8/h5,16H,4H2,1-3H3/b13-9-. The van der Waals surface area contributed by atoms with Crippen molar-refractivity contribution >= 4 is 17.4 Å². The molecule has 0 saturated heterocycles. The van der Waals surface area contributed by atoms with E-state index in [0.29, 0.717) is 11.3 Å². The van der Waals surface area contributed by atoms with Crippen molar-refractivity contribution in [3.8, 4) is 0 Å². The Morgan fingerprint density at radius 2 is 2.21 bits per heavy atom. The third-order valence-corrected chi connectivity index (χ3v) is 2.29. The molecule has 0 atom stereocenters. The van der Waals surface area contributed by atoms with Gasteiger partial charge in [0.05, 0.1) is 11.5 Å². The molecule has 1 rings (SSSR count). The molecular weight excluding hydrogens is 254 g/mol. The fraction of sp³-hybridized carbons (Fsp3) is 0.364. The van der Waals surface area contributed by atoms with E-state index >= 15 is 0 Å². The SMILES string of the molecule is CCOC(=O)/C(=N\O)c1nc(C)cc(C)c1[N+](=O)[O-]. The van der Waals surface area contributed by atoms with E-state index in [4.69, 9.17) is 5.21 Å². The minimum absolute atomic E-state index is 0.0520. The van der Waals surface area contributed by atoms with Crippen LogP contribution in [0.4, 0.5) is 5.69 Å². The summed E-state index contributed by atoms with van der Waals surface area (Å²) in [5.74, 6) is -0.967. The number of hydrogen-bond acceptors (Lipinski definition) is 7. The molecule has 1 aromatic heterocycles. The number of aryl methyl sites for hydroxylation is 2. The van der Waals surface area contributed by atoms with Crippen LogP contribution in [0.3, 0.4) is 0 Å². The maximum atomic E-state index is 11.6. The smallest absolute Gasteiger partial charge is 0.362 e. The fourth-order valence-electron chi connectivity index (χ4n) is 1.61. The number of pyridine rings is 1. The minimum Gasteiger partial charge on any atom is -0.461 e. The van der Waals surface area contributed by atoms with E-state index in [1.54, 1.807) is 13.8 Å². The number of esters is 1. The molecule has 0 fully saturated rings. The fourth-order valence-corrected chi connectivity index (χ4v) is 1.61. The number of hydrogen-bond donors (Lipinski definition) is 1. The number of nitrogens with zero attached hydrogens (tertiary/aromatic N) is 3. The summed E-state index contributed by atoms with van der Waals surface area (Å²) in [5, 5.41) is 22.7. The zero-order chi connectivity index (χ0) is 14.6. The van der Waals surface area contributed by atoms with Crippen molar-refractivity contribution in [2.75, 3.05) is 6.61 Å². The molecule has 0 radical (unpaired) electrons. The molecule has 0 aromatic carbocycles. The summed E-state index contributed by atoms with van der Waals surface area (Å²) in [6.07, 6.45) is 0. The van der Waals surface area contributed by atoms with E-state index in [1.165, 1.54) is 13.0 Å². The molecule has 0 bridgehead atoms. The Hall–Kier alpha value is -2.51. The first kappa shape index (κ1) is 14.6. The lowest BCUT2D eigenvalue weighted by atomic mass is 10.1. The van der Waals surface area contributed by atoms with Crippen LogP contribution in [0.2, 0.25) is 0 Å². The third kappa shape index (κ3) is 3.03. The molecule has 0 amide bonds. The molecule has 8 heteroatoms. The van der Waals surface area contributed by atoms with Crippen molar-refractivity contribution in [1.29, 1.82) is 0 Å². The van der Waals surface area contributed by atoms with Crippen molar-refractivity contribution in [1.82, 2.24) is 4.98 Å².